The van der Waals surface area contributed by atoms with Gasteiger partial charge in [-0.25, -0.2) is 9.78 Å². The average molecular weight is 390 g/mol. The number of urea groups is 1. The molecule has 28 heavy (non-hydrogen) atoms. The zero-order valence-electron chi connectivity index (χ0n) is 16.8. The first-order valence-corrected chi connectivity index (χ1v) is 10.1. The third kappa shape index (κ3) is 5.13. The van der Waals surface area contributed by atoms with E-state index in [2.05, 4.69) is 22.1 Å². The van der Waals surface area contributed by atoms with Gasteiger partial charge in [0.15, 0.2) is 0 Å². The molecule has 0 bridgehead atoms. The molecule has 2 aliphatic rings. The van der Waals surface area contributed by atoms with Gasteiger partial charge in [-0.05, 0) is 56.7 Å². The molecule has 0 aromatic carbocycles. The van der Waals surface area contributed by atoms with E-state index in [9.17, 15) is 9.59 Å². The number of pyridine rings is 1. The van der Waals surface area contributed by atoms with Gasteiger partial charge in [0.05, 0.1) is 19.0 Å². The number of methoxy groups -OCH3 is 1. The van der Waals surface area contributed by atoms with E-state index in [1.54, 1.807) is 0 Å². The second kappa shape index (κ2) is 9.23. The summed E-state index contributed by atoms with van der Waals surface area (Å²) >= 11 is 0. The van der Waals surface area contributed by atoms with Crippen molar-refractivity contribution in [2.45, 2.75) is 32.6 Å². The molecule has 3 N–H and O–H groups in total. The van der Waals surface area contributed by atoms with Crippen LogP contribution in [0.15, 0.2) is 12.3 Å². The molecule has 2 saturated heterocycles. The predicted molar refractivity (Wildman–Crippen MR) is 107 cm³/mol. The number of nitrogens with zero attached hydrogens (tertiary/aromatic N) is 3. The molecule has 8 nitrogen and oxygen atoms in total. The van der Waals surface area contributed by atoms with Crippen molar-refractivity contribution in [3.8, 4) is 5.88 Å². The van der Waals surface area contributed by atoms with Gasteiger partial charge in [-0.3, -0.25) is 4.79 Å². The third-order valence-electron chi connectivity index (χ3n) is 5.76. The summed E-state index contributed by atoms with van der Waals surface area (Å²) in [5, 5.41) is 2.84. The van der Waals surface area contributed by atoms with Crippen molar-refractivity contribution >= 4 is 17.6 Å². The van der Waals surface area contributed by atoms with Crippen molar-refractivity contribution in [2.24, 2.45) is 17.6 Å². The Morgan fingerprint density at radius 3 is 2.71 bits per heavy atom. The van der Waals surface area contributed by atoms with Crippen LogP contribution in [0.3, 0.4) is 0 Å². The van der Waals surface area contributed by atoms with Crippen molar-refractivity contribution in [1.82, 2.24) is 14.8 Å². The lowest BCUT2D eigenvalue weighted by molar-refractivity contribution is 0.0996. The Balaban J connectivity index is 1.56. The summed E-state index contributed by atoms with van der Waals surface area (Å²) in [5.41, 5.74) is 5.95. The van der Waals surface area contributed by atoms with Gasteiger partial charge in [0.25, 0.3) is 5.91 Å². The molecule has 8 heteroatoms. The topological polar surface area (TPSA) is 101 Å². The molecule has 3 rings (SSSR count). The van der Waals surface area contributed by atoms with Crippen molar-refractivity contribution in [3.05, 3.63) is 17.8 Å². The number of carbonyl (C=O) groups is 2. The van der Waals surface area contributed by atoms with Crippen LogP contribution < -0.4 is 15.8 Å². The van der Waals surface area contributed by atoms with Crippen LogP contribution in [-0.4, -0.2) is 66.6 Å². The zero-order valence-corrected chi connectivity index (χ0v) is 16.8. The predicted octanol–water partition coefficient (Wildman–Crippen LogP) is 2.16. The number of carbonyl (C=O) groups excluding carboxylic acids is 2. The summed E-state index contributed by atoms with van der Waals surface area (Å²) < 4.78 is 5.04. The Bertz CT molecular complexity index is 703. The van der Waals surface area contributed by atoms with E-state index in [-0.39, 0.29) is 17.5 Å². The summed E-state index contributed by atoms with van der Waals surface area (Å²) in [4.78, 5) is 32.7. The highest BCUT2D eigenvalue weighted by Crippen LogP contribution is 2.23. The van der Waals surface area contributed by atoms with E-state index in [1.165, 1.54) is 32.2 Å². The highest BCUT2D eigenvalue weighted by molar-refractivity contribution is 5.97. The number of ether oxygens (including phenoxy) is 1. The Morgan fingerprint density at radius 2 is 2.04 bits per heavy atom. The van der Waals surface area contributed by atoms with Gasteiger partial charge < -0.3 is 25.6 Å². The number of hydrogen-bond donors (Lipinski definition) is 2. The Morgan fingerprint density at radius 1 is 1.29 bits per heavy atom. The SMILES string of the molecule is COc1ncc(NC(=O)N2CCCC(CN3CCC(C)CC3)C2)cc1C(N)=O. The van der Waals surface area contributed by atoms with E-state index in [0.717, 1.165) is 51.5 Å². The number of rotatable bonds is 5. The van der Waals surface area contributed by atoms with Gasteiger partial charge in [0, 0.05) is 19.6 Å². The van der Waals surface area contributed by atoms with Crippen molar-refractivity contribution in [2.75, 3.05) is 45.2 Å². The minimum Gasteiger partial charge on any atom is -0.480 e. The number of aromatic nitrogens is 1. The molecule has 1 atom stereocenters. The minimum atomic E-state index is -0.644. The molecule has 0 saturated carbocycles. The molecule has 3 heterocycles. The monoisotopic (exact) mass is 389 g/mol. The highest BCUT2D eigenvalue weighted by Gasteiger charge is 2.27. The van der Waals surface area contributed by atoms with Crippen molar-refractivity contribution < 1.29 is 14.3 Å². The highest BCUT2D eigenvalue weighted by atomic mass is 16.5. The zero-order chi connectivity index (χ0) is 20.1. The third-order valence-corrected chi connectivity index (χ3v) is 5.76. The maximum atomic E-state index is 12.7. The van der Waals surface area contributed by atoms with Crippen LogP contribution in [0.4, 0.5) is 10.5 Å². The molecule has 1 aromatic heterocycles. The summed E-state index contributed by atoms with van der Waals surface area (Å²) in [6.45, 7) is 7.21. The second-order valence-corrected chi connectivity index (χ2v) is 8.01. The van der Waals surface area contributed by atoms with Crippen LogP contribution in [0, 0.1) is 11.8 Å². The Kier molecular flexibility index (Phi) is 6.72. The van der Waals surface area contributed by atoms with E-state index in [4.69, 9.17) is 10.5 Å². The summed E-state index contributed by atoms with van der Waals surface area (Å²) in [6.07, 6.45) is 6.17. The molecule has 0 spiro atoms. The van der Waals surface area contributed by atoms with Gasteiger partial charge in [-0.2, -0.15) is 0 Å². The van der Waals surface area contributed by atoms with Crippen molar-refractivity contribution in [1.29, 1.82) is 0 Å². The van der Waals surface area contributed by atoms with E-state index in [0.29, 0.717) is 11.6 Å². The molecule has 3 amide bonds. The average Bonchev–Trinajstić information content (AvgIpc) is 2.70. The Hall–Kier alpha value is -2.35. The smallest absolute Gasteiger partial charge is 0.321 e. The first kappa shape index (κ1) is 20.4. The maximum Gasteiger partial charge on any atom is 0.321 e. The lowest BCUT2D eigenvalue weighted by atomic mass is 9.94. The number of nitrogens with two attached hydrogens (primary N) is 1. The number of anilines is 1. The number of amides is 3. The van der Waals surface area contributed by atoms with Gasteiger partial charge in [-0.15, -0.1) is 0 Å². The number of hydrogen-bond acceptors (Lipinski definition) is 5. The molecule has 1 aromatic rings. The van der Waals surface area contributed by atoms with E-state index < -0.39 is 5.91 Å². The molecule has 1 unspecified atom stereocenters. The fourth-order valence-electron chi connectivity index (χ4n) is 4.07. The number of primary amides is 1. The molecule has 2 fully saturated rings. The summed E-state index contributed by atoms with van der Waals surface area (Å²) in [7, 11) is 1.42. The van der Waals surface area contributed by atoms with Crippen LogP contribution in [0.5, 0.6) is 5.88 Å². The van der Waals surface area contributed by atoms with Gasteiger partial charge in [-0.1, -0.05) is 6.92 Å². The summed E-state index contributed by atoms with van der Waals surface area (Å²) in [5.74, 6) is 0.838. The normalized spacial score (nSPS) is 21.4. The maximum absolute atomic E-state index is 12.7. The van der Waals surface area contributed by atoms with Crippen LogP contribution in [0.1, 0.15) is 43.0 Å². The summed E-state index contributed by atoms with van der Waals surface area (Å²) in [6, 6.07) is 1.34. The van der Waals surface area contributed by atoms with Gasteiger partial charge in [0.2, 0.25) is 5.88 Å². The van der Waals surface area contributed by atoms with Gasteiger partial charge >= 0.3 is 6.03 Å². The Labute approximate surface area is 166 Å². The fourth-order valence-corrected chi connectivity index (χ4v) is 4.07. The van der Waals surface area contributed by atoms with Crippen LogP contribution in [0.2, 0.25) is 0 Å². The molecule has 154 valence electrons. The first-order chi connectivity index (χ1) is 13.5. The van der Waals surface area contributed by atoms with E-state index in [1.807, 2.05) is 4.90 Å². The molecule has 2 aliphatic heterocycles. The van der Waals surface area contributed by atoms with Crippen LogP contribution >= 0.6 is 0 Å². The fraction of sp³-hybridized carbons (Fsp3) is 0.650. The lowest BCUT2D eigenvalue weighted by Crippen LogP contribution is -2.46. The number of likely N-dealkylation sites (tertiary alicyclic amines) is 2. The molecular formula is C20H31N5O3. The lowest BCUT2D eigenvalue weighted by Gasteiger charge is -2.37. The molecule has 0 aliphatic carbocycles. The van der Waals surface area contributed by atoms with E-state index >= 15 is 0 Å². The quantitative estimate of drug-likeness (QED) is 0.804. The number of nitrogens with one attached hydrogen (secondary N) is 1. The van der Waals surface area contributed by atoms with Crippen LogP contribution in [0.25, 0.3) is 0 Å². The molecular weight excluding hydrogens is 358 g/mol. The standard InChI is InChI=1S/C20H31N5O3/c1-14-5-8-24(9-6-14)12-15-4-3-7-25(13-15)20(27)23-16-10-17(18(21)26)19(28-2)22-11-16/h10-11,14-15H,3-9,12-13H2,1-2H3,(H2,21,26)(H,23,27). The van der Waals surface area contributed by atoms with Gasteiger partial charge in [0.1, 0.15) is 5.56 Å². The first-order valence-electron chi connectivity index (χ1n) is 10.1. The molecule has 0 radical (unpaired) electrons. The van der Waals surface area contributed by atoms with Crippen LogP contribution in [-0.2, 0) is 0 Å². The van der Waals surface area contributed by atoms with Crippen molar-refractivity contribution in [3.63, 3.8) is 0 Å². The largest absolute Gasteiger partial charge is 0.480 e. The second-order valence-electron chi connectivity index (χ2n) is 8.01. The number of piperidine rings is 2. The minimum absolute atomic E-state index is 0.149.